The monoisotopic (exact) mass is 228 g/mol. The average molecular weight is 228 g/mol. The van der Waals surface area contributed by atoms with Gasteiger partial charge in [0.25, 0.3) is 0 Å². The summed E-state index contributed by atoms with van der Waals surface area (Å²) in [6, 6.07) is 0. The number of methoxy groups -OCH3 is 1. The van der Waals surface area contributed by atoms with Crippen LogP contribution in [0.15, 0.2) is 0 Å². The molecule has 2 nitrogen and oxygen atoms in total. The van der Waals surface area contributed by atoms with Gasteiger partial charge in [0, 0.05) is 7.11 Å². The van der Waals surface area contributed by atoms with Gasteiger partial charge < -0.3 is 9.84 Å². The van der Waals surface area contributed by atoms with Crippen molar-refractivity contribution in [3.05, 3.63) is 0 Å². The van der Waals surface area contributed by atoms with Gasteiger partial charge in [0.05, 0.1) is 11.7 Å². The zero-order valence-corrected chi connectivity index (χ0v) is 11.0. The Labute approximate surface area is 100 Å². The minimum Gasteiger partial charge on any atom is -0.390 e. The van der Waals surface area contributed by atoms with Gasteiger partial charge in [-0.3, -0.25) is 0 Å². The lowest BCUT2D eigenvalue weighted by Crippen LogP contribution is -2.41. The van der Waals surface area contributed by atoms with Crippen LogP contribution in [0.2, 0.25) is 0 Å². The van der Waals surface area contributed by atoms with Crippen LogP contribution in [-0.2, 0) is 4.74 Å². The van der Waals surface area contributed by atoms with Crippen LogP contribution in [-0.4, -0.2) is 23.9 Å². The van der Waals surface area contributed by atoms with Gasteiger partial charge in [0.15, 0.2) is 0 Å². The van der Waals surface area contributed by atoms with Gasteiger partial charge >= 0.3 is 0 Å². The summed E-state index contributed by atoms with van der Waals surface area (Å²) in [4.78, 5) is 0. The van der Waals surface area contributed by atoms with Crippen molar-refractivity contribution in [2.45, 2.75) is 82.8 Å². The molecule has 0 saturated heterocycles. The second-order valence-electron chi connectivity index (χ2n) is 5.19. The van der Waals surface area contributed by atoms with E-state index in [4.69, 9.17) is 4.74 Å². The summed E-state index contributed by atoms with van der Waals surface area (Å²) in [5.41, 5.74) is -0.204. The predicted molar refractivity (Wildman–Crippen MR) is 67.6 cm³/mol. The third kappa shape index (κ3) is 3.74. The molecule has 1 rings (SSSR count). The number of rotatable bonds is 8. The first kappa shape index (κ1) is 14.0. The highest BCUT2D eigenvalue weighted by Gasteiger charge is 2.40. The Morgan fingerprint density at radius 2 is 1.75 bits per heavy atom. The summed E-state index contributed by atoms with van der Waals surface area (Å²) in [6.45, 7) is 2.23. The molecule has 1 aliphatic rings. The molecule has 0 heterocycles. The van der Waals surface area contributed by atoms with E-state index >= 15 is 0 Å². The first-order chi connectivity index (χ1) is 7.75. The van der Waals surface area contributed by atoms with E-state index < -0.39 is 0 Å². The number of aliphatic hydroxyl groups excluding tert-OH is 1. The third-order valence-corrected chi connectivity index (χ3v) is 4.04. The number of aliphatic hydroxyl groups is 1. The first-order valence-corrected chi connectivity index (χ1v) is 6.98. The van der Waals surface area contributed by atoms with Gasteiger partial charge in [-0.2, -0.15) is 0 Å². The van der Waals surface area contributed by atoms with Crippen molar-refractivity contribution < 1.29 is 9.84 Å². The molecule has 0 spiro atoms. The molecule has 0 aliphatic heterocycles. The van der Waals surface area contributed by atoms with E-state index in [1.807, 2.05) is 0 Å². The van der Waals surface area contributed by atoms with Gasteiger partial charge in [-0.1, -0.05) is 51.9 Å². The molecule has 0 amide bonds. The normalized spacial score (nSPS) is 21.2. The highest BCUT2D eigenvalue weighted by molar-refractivity contribution is 4.92. The first-order valence-electron chi connectivity index (χ1n) is 6.98. The van der Waals surface area contributed by atoms with Crippen molar-refractivity contribution in [1.82, 2.24) is 0 Å². The van der Waals surface area contributed by atoms with Crippen molar-refractivity contribution in [2.75, 3.05) is 7.11 Å². The molecule has 1 aliphatic carbocycles. The van der Waals surface area contributed by atoms with Crippen LogP contribution < -0.4 is 0 Å². The van der Waals surface area contributed by atoms with E-state index in [1.165, 1.54) is 38.5 Å². The Kier molecular flexibility index (Phi) is 6.37. The Morgan fingerprint density at radius 3 is 2.31 bits per heavy atom. The summed E-state index contributed by atoms with van der Waals surface area (Å²) in [5, 5.41) is 10.2. The zero-order chi connectivity index (χ0) is 11.9. The molecule has 96 valence electrons. The standard InChI is InChI=1S/C14H28O2/c1-3-4-5-6-7-10-13(15)14(16-2)11-8-9-12-14/h13,15H,3-12H2,1-2H3. The van der Waals surface area contributed by atoms with E-state index in [9.17, 15) is 5.11 Å². The van der Waals surface area contributed by atoms with Crippen LogP contribution in [0.4, 0.5) is 0 Å². The van der Waals surface area contributed by atoms with Crippen LogP contribution in [0.1, 0.15) is 71.1 Å². The number of unbranched alkanes of at least 4 members (excludes halogenated alkanes) is 4. The lowest BCUT2D eigenvalue weighted by Gasteiger charge is -2.32. The molecule has 1 N–H and O–H groups in total. The molecule has 0 aromatic carbocycles. The Morgan fingerprint density at radius 1 is 1.12 bits per heavy atom. The lowest BCUT2D eigenvalue weighted by atomic mass is 9.90. The number of hydrogen-bond acceptors (Lipinski definition) is 2. The van der Waals surface area contributed by atoms with E-state index in [2.05, 4.69) is 6.92 Å². The topological polar surface area (TPSA) is 29.5 Å². The summed E-state index contributed by atoms with van der Waals surface area (Å²) >= 11 is 0. The van der Waals surface area contributed by atoms with Crippen LogP contribution >= 0.6 is 0 Å². The third-order valence-electron chi connectivity index (χ3n) is 4.04. The van der Waals surface area contributed by atoms with E-state index in [-0.39, 0.29) is 11.7 Å². The van der Waals surface area contributed by atoms with E-state index in [0.29, 0.717) is 0 Å². The summed E-state index contributed by atoms with van der Waals surface area (Å²) in [5.74, 6) is 0. The second kappa shape index (κ2) is 7.29. The summed E-state index contributed by atoms with van der Waals surface area (Å²) in [7, 11) is 1.76. The average Bonchev–Trinajstić information content (AvgIpc) is 2.78. The minimum absolute atomic E-state index is 0.204. The van der Waals surface area contributed by atoms with Crippen molar-refractivity contribution in [1.29, 1.82) is 0 Å². The molecule has 0 aromatic rings. The Balaban J connectivity index is 2.19. The molecule has 16 heavy (non-hydrogen) atoms. The quantitative estimate of drug-likeness (QED) is 0.642. The van der Waals surface area contributed by atoms with E-state index in [1.54, 1.807) is 7.11 Å². The molecule has 0 bridgehead atoms. The number of ether oxygens (including phenoxy) is 1. The molecule has 1 unspecified atom stereocenters. The van der Waals surface area contributed by atoms with Crippen LogP contribution in [0.25, 0.3) is 0 Å². The molecular formula is C14H28O2. The molecular weight excluding hydrogens is 200 g/mol. The van der Waals surface area contributed by atoms with Crippen molar-refractivity contribution in [3.8, 4) is 0 Å². The minimum atomic E-state index is -0.248. The fraction of sp³-hybridized carbons (Fsp3) is 1.00. The maximum atomic E-state index is 10.2. The van der Waals surface area contributed by atoms with Crippen molar-refractivity contribution in [2.24, 2.45) is 0 Å². The van der Waals surface area contributed by atoms with Gasteiger partial charge in [0.1, 0.15) is 0 Å². The van der Waals surface area contributed by atoms with Gasteiger partial charge in [-0.25, -0.2) is 0 Å². The summed E-state index contributed by atoms with van der Waals surface area (Å²) < 4.78 is 5.59. The maximum Gasteiger partial charge on any atom is 0.0936 e. The molecule has 0 radical (unpaired) electrons. The lowest BCUT2D eigenvalue weighted by molar-refractivity contribution is -0.101. The van der Waals surface area contributed by atoms with E-state index in [0.717, 1.165) is 25.7 Å². The van der Waals surface area contributed by atoms with Crippen LogP contribution in [0.3, 0.4) is 0 Å². The molecule has 1 saturated carbocycles. The second-order valence-corrected chi connectivity index (χ2v) is 5.19. The number of hydrogen-bond donors (Lipinski definition) is 1. The zero-order valence-electron chi connectivity index (χ0n) is 11.0. The molecule has 2 heteroatoms. The van der Waals surface area contributed by atoms with Gasteiger partial charge in [-0.05, 0) is 19.3 Å². The smallest absolute Gasteiger partial charge is 0.0936 e. The molecule has 1 fully saturated rings. The fourth-order valence-corrected chi connectivity index (χ4v) is 2.85. The SMILES string of the molecule is CCCCCCCC(O)C1(OC)CCCC1. The van der Waals surface area contributed by atoms with Gasteiger partial charge in [0.2, 0.25) is 0 Å². The van der Waals surface area contributed by atoms with Gasteiger partial charge in [-0.15, -0.1) is 0 Å². The van der Waals surface area contributed by atoms with Crippen molar-refractivity contribution >= 4 is 0 Å². The fourth-order valence-electron chi connectivity index (χ4n) is 2.85. The van der Waals surface area contributed by atoms with Crippen LogP contribution in [0.5, 0.6) is 0 Å². The van der Waals surface area contributed by atoms with Crippen LogP contribution in [0, 0.1) is 0 Å². The molecule has 0 aromatic heterocycles. The summed E-state index contributed by atoms with van der Waals surface area (Å²) in [6.07, 6.45) is 11.5. The maximum absolute atomic E-state index is 10.2. The highest BCUT2D eigenvalue weighted by atomic mass is 16.5. The largest absolute Gasteiger partial charge is 0.390 e. The highest BCUT2D eigenvalue weighted by Crippen LogP contribution is 2.37. The van der Waals surface area contributed by atoms with Crippen molar-refractivity contribution in [3.63, 3.8) is 0 Å². The Hall–Kier alpha value is -0.0800. The Bertz CT molecular complexity index is 174. The molecule has 1 atom stereocenters. The predicted octanol–water partition coefficient (Wildman–Crippen LogP) is 3.67.